The molecule has 1 rings (SSSR count). The minimum absolute atomic E-state index is 0.385. The number of rotatable bonds is 0. The molecule has 0 aromatic rings. The average molecular weight is 124 g/mol. The molecule has 1 atom stereocenters. The predicted molar refractivity (Wildman–Crippen MR) is 39.7 cm³/mol. The van der Waals surface area contributed by atoms with Gasteiger partial charge in [-0.3, -0.25) is 4.99 Å². The number of hydrogen-bond donors (Lipinski definition) is 1. The van der Waals surface area contributed by atoms with E-state index < -0.39 is 0 Å². The fourth-order valence-corrected chi connectivity index (χ4v) is 0.915. The summed E-state index contributed by atoms with van der Waals surface area (Å²) in [6, 6.07) is 0.385. The molecule has 0 aromatic carbocycles. The summed E-state index contributed by atoms with van der Waals surface area (Å²) < 4.78 is 0. The minimum atomic E-state index is 0.385. The van der Waals surface area contributed by atoms with Crippen LogP contribution in [0.3, 0.4) is 0 Å². The summed E-state index contributed by atoms with van der Waals surface area (Å²) in [5, 5.41) is 3.06. The van der Waals surface area contributed by atoms with Crippen LogP contribution in [-0.4, -0.2) is 18.9 Å². The molecule has 1 N–H and O–H groups in total. The Morgan fingerprint density at radius 2 is 2.67 bits per heavy atom. The van der Waals surface area contributed by atoms with E-state index in [2.05, 4.69) is 23.3 Å². The second-order valence-corrected chi connectivity index (χ2v) is 2.20. The largest absolute Gasteiger partial charge is 0.373 e. The highest BCUT2D eigenvalue weighted by molar-refractivity contribution is 5.57. The minimum Gasteiger partial charge on any atom is -0.373 e. The van der Waals surface area contributed by atoms with Crippen LogP contribution in [0.5, 0.6) is 0 Å². The van der Waals surface area contributed by atoms with Gasteiger partial charge in [0.2, 0.25) is 0 Å². The van der Waals surface area contributed by atoms with Crippen molar-refractivity contribution in [3.05, 3.63) is 11.6 Å². The first kappa shape index (κ1) is 6.33. The normalized spacial score (nSPS) is 30.4. The lowest BCUT2D eigenvalue weighted by atomic mass is 10.1. The van der Waals surface area contributed by atoms with Crippen LogP contribution in [0.2, 0.25) is 0 Å². The third-order valence-electron chi connectivity index (χ3n) is 1.60. The van der Waals surface area contributed by atoms with E-state index >= 15 is 0 Å². The summed E-state index contributed by atoms with van der Waals surface area (Å²) in [6.07, 6.45) is 3.89. The molecule has 1 heterocycles. The van der Waals surface area contributed by atoms with Gasteiger partial charge in [0.1, 0.15) is 0 Å². The van der Waals surface area contributed by atoms with Crippen molar-refractivity contribution in [2.75, 3.05) is 6.54 Å². The van der Waals surface area contributed by atoms with E-state index in [1.165, 1.54) is 5.57 Å². The summed E-state index contributed by atoms with van der Waals surface area (Å²) in [5.74, 6) is 0. The third-order valence-corrected chi connectivity index (χ3v) is 1.60. The zero-order valence-electron chi connectivity index (χ0n) is 5.89. The van der Waals surface area contributed by atoms with E-state index in [0.29, 0.717) is 6.04 Å². The molecule has 9 heavy (non-hydrogen) atoms. The fraction of sp³-hybridized carbons (Fsp3) is 0.571. The first-order valence-corrected chi connectivity index (χ1v) is 3.24. The summed E-state index contributed by atoms with van der Waals surface area (Å²) >= 11 is 0. The van der Waals surface area contributed by atoms with E-state index in [1.54, 1.807) is 6.34 Å². The van der Waals surface area contributed by atoms with Gasteiger partial charge < -0.3 is 5.32 Å². The average Bonchev–Trinajstić information content (AvgIpc) is 1.89. The van der Waals surface area contributed by atoms with E-state index in [-0.39, 0.29) is 0 Å². The molecule has 0 amide bonds. The van der Waals surface area contributed by atoms with Crippen molar-refractivity contribution >= 4 is 6.34 Å². The van der Waals surface area contributed by atoms with Crippen LogP contribution >= 0.6 is 0 Å². The van der Waals surface area contributed by atoms with Gasteiger partial charge in [-0.05, 0) is 19.4 Å². The Hall–Kier alpha value is -0.790. The molecule has 1 aliphatic heterocycles. The molecule has 50 valence electrons. The maximum absolute atomic E-state index is 4.18. The maximum Gasteiger partial charge on any atom is 0.0833 e. The van der Waals surface area contributed by atoms with Crippen LogP contribution in [-0.2, 0) is 0 Å². The van der Waals surface area contributed by atoms with Gasteiger partial charge in [0, 0.05) is 6.54 Å². The second kappa shape index (κ2) is 2.67. The van der Waals surface area contributed by atoms with Crippen molar-refractivity contribution < 1.29 is 0 Å². The lowest BCUT2D eigenvalue weighted by Crippen LogP contribution is -2.26. The molecule has 2 nitrogen and oxygen atoms in total. The smallest absolute Gasteiger partial charge is 0.0833 e. The van der Waals surface area contributed by atoms with E-state index in [9.17, 15) is 0 Å². The van der Waals surface area contributed by atoms with Crippen LogP contribution in [0.15, 0.2) is 16.6 Å². The summed E-state index contributed by atoms with van der Waals surface area (Å²) in [7, 11) is 0. The molecule has 1 aliphatic rings. The number of nitrogens with one attached hydrogen (secondary N) is 1. The Bertz CT molecular complexity index is 147. The quantitative estimate of drug-likeness (QED) is 0.478. The fourth-order valence-electron chi connectivity index (χ4n) is 0.915. The predicted octanol–water partition coefficient (Wildman–Crippen LogP) is 0.953. The summed E-state index contributed by atoms with van der Waals surface area (Å²) in [4.78, 5) is 4.18. The molecule has 0 spiro atoms. The number of hydrogen-bond acceptors (Lipinski definition) is 2. The topological polar surface area (TPSA) is 24.4 Å². The third kappa shape index (κ3) is 1.31. The van der Waals surface area contributed by atoms with Gasteiger partial charge in [0.25, 0.3) is 0 Å². The molecule has 2 heteroatoms. The van der Waals surface area contributed by atoms with Crippen molar-refractivity contribution in [1.82, 2.24) is 5.32 Å². The molecule has 0 saturated carbocycles. The van der Waals surface area contributed by atoms with Gasteiger partial charge in [-0.15, -0.1) is 0 Å². The number of nitrogens with zero attached hydrogens (tertiary/aromatic N) is 1. The molecule has 0 saturated heterocycles. The van der Waals surface area contributed by atoms with Crippen LogP contribution in [0, 0.1) is 0 Å². The molecule has 0 aromatic heterocycles. The molecular weight excluding hydrogens is 112 g/mol. The van der Waals surface area contributed by atoms with Gasteiger partial charge in [-0.2, -0.15) is 0 Å². The first-order chi connectivity index (χ1) is 4.34. The van der Waals surface area contributed by atoms with Crippen LogP contribution in [0.25, 0.3) is 0 Å². The van der Waals surface area contributed by atoms with Crippen molar-refractivity contribution in [3.63, 3.8) is 0 Å². The van der Waals surface area contributed by atoms with E-state index in [1.807, 2.05) is 6.92 Å². The van der Waals surface area contributed by atoms with Crippen molar-refractivity contribution in [2.45, 2.75) is 19.9 Å². The highest BCUT2D eigenvalue weighted by atomic mass is 15.0. The van der Waals surface area contributed by atoms with Gasteiger partial charge in [-0.25, -0.2) is 0 Å². The standard InChI is InChI=1S/C7H12N2/c1-3-7-4-8-5-9-6(7)2/h3,5-6H,4H2,1-2H3,(H,8,9)/b7-3-/t6-/m1/s1. The van der Waals surface area contributed by atoms with Crippen LogP contribution < -0.4 is 5.32 Å². The highest BCUT2D eigenvalue weighted by Gasteiger charge is 2.06. The van der Waals surface area contributed by atoms with Gasteiger partial charge in [0.15, 0.2) is 0 Å². The van der Waals surface area contributed by atoms with Gasteiger partial charge in [-0.1, -0.05) is 6.08 Å². The van der Waals surface area contributed by atoms with Crippen molar-refractivity contribution in [2.24, 2.45) is 4.99 Å². The van der Waals surface area contributed by atoms with E-state index in [0.717, 1.165) is 6.54 Å². The Balaban J connectivity index is 2.66. The summed E-state index contributed by atoms with van der Waals surface area (Å²) in [6.45, 7) is 5.11. The zero-order chi connectivity index (χ0) is 6.69. The Morgan fingerprint density at radius 3 is 3.11 bits per heavy atom. The van der Waals surface area contributed by atoms with Crippen LogP contribution in [0.1, 0.15) is 13.8 Å². The molecule has 0 radical (unpaired) electrons. The zero-order valence-corrected chi connectivity index (χ0v) is 5.89. The maximum atomic E-state index is 4.18. The van der Waals surface area contributed by atoms with Crippen molar-refractivity contribution in [1.29, 1.82) is 0 Å². The number of aliphatic imine (C=N–C) groups is 1. The summed E-state index contributed by atoms with van der Waals surface area (Å²) in [5.41, 5.74) is 1.37. The van der Waals surface area contributed by atoms with Crippen molar-refractivity contribution in [3.8, 4) is 0 Å². The Kier molecular flexibility index (Phi) is 1.88. The highest BCUT2D eigenvalue weighted by Crippen LogP contribution is 2.06. The first-order valence-electron chi connectivity index (χ1n) is 3.24. The SMILES string of the molecule is C/C=C1/CNC=N[C@@H]1C. The monoisotopic (exact) mass is 124 g/mol. The Labute approximate surface area is 55.7 Å². The molecule has 0 bridgehead atoms. The Morgan fingerprint density at radius 1 is 1.89 bits per heavy atom. The van der Waals surface area contributed by atoms with Gasteiger partial charge >= 0.3 is 0 Å². The van der Waals surface area contributed by atoms with Crippen LogP contribution in [0.4, 0.5) is 0 Å². The lowest BCUT2D eigenvalue weighted by molar-refractivity contribution is 0.767. The van der Waals surface area contributed by atoms with E-state index in [4.69, 9.17) is 0 Å². The molecular formula is C7H12N2. The second-order valence-electron chi connectivity index (χ2n) is 2.20. The molecule has 0 unspecified atom stereocenters. The number of allylic oxidation sites excluding steroid dienone is 1. The molecule has 0 fully saturated rings. The van der Waals surface area contributed by atoms with Gasteiger partial charge in [0.05, 0.1) is 12.4 Å². The molecule has 0 aliphatic carbocycles. The lowest BCUT2D eigenvalue weighted by Gasteiger charge is -2.15.